The van der Waals surface area contributed by atoms with E-state index < -0.39 is 0 Å². The van der Waals surface area contributed by atoms with E-state index in [0.717, 1.165) is 12.0 Å². The van der Waals surface area contributed by atoms with Crippen LogP contribution < -0.4 is 16.0 Å². The molecule has 0 fully saturated rings. The van der Waals surface area contributed by atoms with Crippen LogP contribution in [0, 0.1) is 0 Å². The summed E-state index contributed by atoms with van der Waals surface area (Å²) in [6.07, 6.45) is 0.728. The molecule has 3 N–H and O–H groups in total. The van der Waals surface area contributed by atoms with Crippen molar-refractivity contribution in [3.05, 3.63) is 59.1 Å². The van der Waals surface area contributed by atoms with E-state index in [-0.39, 0.29) is 11.9 Å². The summed E-state index contributed by atoms with van der Waals surface area (Å²) in [6, 6.07) is 14.2. The third-order valence-electron chi connectivity index (χ3n) is 3.08. The van der Waals surface area contributed by atoms with Gasteiger partial charge in [0.25, 0.3) is 0 Å². The fourth-order valence-corrected chi connectivity index (χ4v) is 2.11. The maximum absolute atomic E-state index is 11.8. The van der Waals surface area contributed by atoms with Gasteiger partial charge in [-0.3, -0.25) is 4.79 Å². The molecule has 0 aromatic heterocycles. The van der Waals surface area contributed by atoms with Crippen LogP contribution in [0.4, 0.5) is 16.2 Å². The molecule has 0 atom stereocenters. The molecule has 2 aromatic rings. The molecule has 0 radical (unpaired) electrons. The highest BCUT2D eigenvalue weighted by molar-refractivity contribution is 6.30. The Balaban J connectivity index is 1.76. The number of hydrogen-bond donors (Lipinski definition) is 3. The van der Waals surface area contributed by atoms with E-state index in [4.69, 9.17) is 11.6 Å². The number of rotatable bonds is 5. The number of urea groups is 1. The zero-order chi connectivity index (χ0) is 16.7. The number of carbonyl (C=O) groups excluding carboxylic acids is 2. The van der Waals surface area contributed by atoms with E-state index in [0.29, 0.717) is 22.9 Å². The topological polar surface area (TPSA) is 70.2 Å². The zero-order valence-electron chi connectivity index (χ0n) is 12.7. The van der Waals surface area contributed by atoms with Gasteiger partial charge >= 0.3 is 6.03 Å². The summed E-state index contributed by atoms with van der Waals surface area (Å²) >= 11 is 5.82. The quantitative estimate of drug-likeness (QED) is 0.782. The lowest BCUT2D eigenvalue weighted by Crippen LogP contribution is -2.30. The van der Waals surface area contributed by atoms with E-state index in [1.807, 2.05) is 24.3 Å². The molecule has 0 aliphatic rings. The second kappa shape index (κ2) is 8.19. The summed E-state index contributed by atoms with van der Waals surface area (Å²) < 4.78 is 0. The maximum Gasteiger partial charge on any atom is 0.319 e. The smallest absolute Gasteiger partial charge is 0.319 e. The summed E-state index contributed by atoms with van der Waals surface area (Å²) in [6.45, 7) is 1.97. The summed E-state index contributed by atoms with van der Waals surface area (Å²) in [5.41, 5.74) is 2.45. The molecule has 120 valence electrons. The Morgan fingerprint density at radius 3 is 2.04 bits per heavy atom. The summed E-state index contributed by atoms with van der Waals surface area (Å²) in [5.74, 6) is -0.134. The van der Waals surface area contributed by atoms with E-state index >= 15 is 0 Å². The lowest BCUT2D eigenvalue weighted by atomic mass is 10.1. The van der Waals surface area contributed by atoms with Crippen molar-refractivity contribution in [2.24, 2.45) is 0 Å². The minimum absolute atomic E-state index is 0.134. The second-order valence-electron chi connectivity index (χ2n) is 5.02. The summed E-state index contributed by atoms with van der Waals surface area (Å²) in [4.78, 5) is 22.7. The van der Waals surface area contributed by atoms with Crippen molar-refractivity contribution in [3.63, 3.8) is 0 Å². The monoisotopic (exact) mass is 331 g/mol. The molecule has 0 heterocycles. The average Bonchev–Trinajstić information content (AvgIpc) is 2.51. The second-order valence-corrected chi connectivity index (χ2v) is 5.45. The molecule has 3 amide bonds. The van der Waals surface area contributed by atoms with Crippen LogP contribution in [0.2, 0.25) is 5.02 Å². The Hall–Kier alpha value is -2.53. The van der Waals surface area contributed by atoms with Crippen molar-refractivity contribution < 1.29 is 9.59 Å². The molecule has 0 unspecified atom stereocenters. The fraction of sp³-hybridized carbons (Fsp3) is 0.176. The van der Waals surface area contributed by atoms with E-state index in [1.165, 1.54) is 6.92 Å². The molecule has 6 heteroatoms. The highest BCUT2D eigenvalue weighted by Crippen LogP contribution is 2.13. The van der Waals surface area contributed by atoms with Gasteiger partial charge in [-0.1, -0.05) is 23.7 Å². The lowest BCUT2D eigenvalue weighted by Gasteiger charge is -2.09. The number of carbonyl (C=O) groups is 2. The SMILES string of the molecule is CC(=O)Nc1ccc(NC(=O)NCCc2ccc(Cl)cc2)cc1. The summed E-state index contributed by atoms with van der Waals surface area (Å²) in [7, 11) is 0. The van der Waals surface area contributed by atoms with Crippen molar-refractivity contribution in [2.45, 2.75) is 13.3 Å². The third kappa shape index (κ3) is 6.00. The number of anilines is 2. The van der Waals surface area contributed by atoms with Crippen molar-refractivity contribution in [3.8, 4) is 0 Å². The molecule has 5 nitrogen and oxygen atoms in total. The van der Waals surface area contributed by atoms with Crippen molar-refractivity contribution in [1.82, 2.24) is 5.32 Å². The van der Waals surface area contributed by atoms with Gasteiger partial charge in [-0.25, -0.2) is 4.79 Å². The first-order valence-electron chi connectivity index (χ1n) is 7.20. The molecule has 2 aromatic carbocycles. The van der Waals surface area contributed by atoms with Gasteiger partial charge in [0, 0.05) is 29.9 Å². The first-order valence-corrected chi connectivity index (χ1v) is 7.58. The van der Waals surface area contributed by atoms with Gasteiger partial charge < -0.3 is 16.0 Å². The third-order valence-corrected chi connectivity index (χ3v) is 3.33. The summed E-state index contributed by atoms with van der Waals surface area (Å²) in [5, 5.41) is 8.88. The van der Waals surface area contributed by atoms with Crippen LogP contribution in [0.5, 0.6) is 0 Å². The molecule has 23 heavy (non-hydrogen) atoms. The van der Waals surface area contributed by atoms with Crippen molar-refractivity contribution in [2.75, 3.05) is 17.2 Å². The highest BCUT2D eigenvalue weighted by Gasteiger charge is 2.02. The van der Waals surface area contributed by atoms with Gasteiger partial charge in [0.2, 0.25) is 5.91 Å². The number of benzene rings is 2. The number of hydrogen-bond acceptors (Lipinski definition) is 2. The van der Waals surface area contributed by atoms with Gasteiger partial charge in [0.05, 0.1) is 0 Å². The Morgan fingerprint density at radius 2 is 1.48 bits per heavy atom. The molecule has 0 saturated heterocycles. The minimum Gasteiger partial charge on any atom is -0.338 e. The number of amides is 3. The molecule has 0 saturated carbocycles. The molecular formula is C17H18ClN3O2. The van der Waals surface area contributed by atoms with Crippen LogP contribution in [-0.2, 0) is 11.2 Å². The van der Waals surface area contributed by atoms with Crippen LogP contribution in [-0.4, -0.2) is 18.5 Å². The minimum atomic E-state index is -0.272. The normalized spacial score (nSPS) is 10.0. The zero-order valence-corrected chi connectivity index (χ0v) is 13.5. The first kappa shape index (κ1) is 16.8. The number of halogens is 1. The lowest BCUT2D eigenvalue weighted by molar-refractivity contribution is -0.114. The standard InChI is InChI=1S/C17H18ClN3O2/c1-12(22)20-15-6-8-16(9-7-15)21-17(23)19-11-10-13-2-4-14(18)5-3-13/h2-9H,10-11H2,1H3,(H,20,22)(H2,19,21,23). The molecule has 0 aliphatic heterocycles. The van der Waals surface area contributed by atoms with Gasteiger partial charge in [-0.2, -0.15) is 0 Å². The first-order chi connectivity index (χ1) is 11.0. The molecule has 2 rings (SSSR count). The highest BCUT2D eigenvalue weighted by atomic mass is 35.5. The maximum atomic E-state index is 11.8. The van der Waals surface area contributed by atoms with Crippen molar-refractivity contribution >= 4 is 34.9 Å². The Kier molecular flexibility index (Phi) is 6.00. The van der Waals surface area contributed by atoms with Crippen LogP contribution in [0.15, 0.2) is 48.5 Å². The van der Waals surface area contributed by atoms with E-state index in [2.05, 4.69) is 16.0 Å². The van der Waals surface area contributed by atoms with Gasteiger partial charge in [0.15, 0.2) is 0 Å². The van der Waals surface area contributed by atoms with Crippen LogP contribution in [0.1, 0.15) is 12.5 Å². The molecular weight excluding hydrogens is 314 g/mol. The van der Waals surface area contributed by atoms with Crippen molar-refractivity contribution in [1.29, 1.82) is 0 Å². The molecule has 0 bridgehead atoms. The number of nitrogens with one attached hydrogen (secondary N) is 3. The Labute approximate surface area is 140 Å². The predicted octanol–water partition coefficient (Wildman–Crippen LogP) is 3.66. The average molecular weight is 332 g/mol. The van der Waals surface area contributed by atoms with Gasteiger partial charge in [-0.15, -0.1) is 0 Å². The van der Waals surface area contributed by atoms with Gasteiger partial charge in [0.1, 0.15) is 0 Å². The molecule has 0 aliphatic carbocycles. The van der Waals surface area contributed by atoms with Gasteiger partial charge in [-0.05, 0) is 48.4 Å². The largest absolute Gasteiger partial charge is 0.338 e. The van der Waals surface area contributed by atoms with E-state index in [1.54, 1.807) is 24.3 Å². The van der Waals surface area contributed by atoms with Crippen LogP contribution in [0.25, 0.3) is 0 Å². The fourth-order valence-electron chi connectivity index (χ4n) is 1.99. The van der Waals surface area contributed by atoms with Crippen LogP contribution in [0.3, 0.4) is 0 Å². The Morgan fingerprint density at radius 1 is 0.913 bits per heavy atom. The van der Waals surface area contributed by atoms with Crippen LogP contribution >= 0.6 is 11.6 Å². The Bertz CT molecular complexity index is 669. The van der Waals surface area contributed by atoms with E-state index in [9.17, 15) is 9.59 Å². The predicted molar refractivity (Wildman–Crippen MR) is 92.9 cm³/mol. The molecule has 0 spiro atoms.